The second kappa shape index (κ2) is 11.2. The third kappa shape index (κ3) is 4.28. The Kier molecular flexibility index (Phi) is 6.22. The smallest absolute Gasteiger partial charge is 0.159 e. The van der Waals surface area contributed by atoms with Crippen LogP contribution in [-0.4, -0.2) is 0 Å². The molecule has 11 aromatic rings. The van der Waals surface area contributed by atoms with Crippen LogP contribution in [0.1, 0.15) is 0 Å². The topological polar surface area (TPSA) is 42.7 Å². The molecule has 0 atom stereocenters. The number of rotatable bonds is 5. The molecule has 11 rings (SSSR count). The first-order chi connectivity index (χ1) is 25.8. The average Bonchev–Trinajstić information content (AvgIpc) is 3.90. The molecule has 0 saturated heterocycles. The Morgan fingerprint density at radius 2 is 0.846 bits per heavy atom. The van der Waals surface area contributed by atoms with Crippen LogP contribution in [0.25, 0.3) is 88.1 Å². The van der Waals surface area contributed by atoms with E-state index >= 15 is 0 Å². The second-order valence-corrected chi connectivity index (χ2v) is 13.2. The molecule has 0 saturated carbocycles. The average molecular weight is 668 g/mol. The fourth-order valence-electron chi connectivity index (χ4n) is 8.04. The van der Waals surface area contributed by atoms with E-state index < -0.39 is 0 Å². The van der Waals surface area contributed by atoms with Gasteiger partial charge in [-0.1, -0.05) is 109 Å². The van der Waals surface area contributed by atoms with Crippen LogP contribution in [0.3, 0.4) is 0 Å². The fourth-order valence-corrected chi connectivity index (χ4v) is 8.04. The van der Waals surface area contributed by atoms with Crippen molar-refractivity contribution in [1.82, 2.24) is 0 Å². The minimum absolute atomic E-state index is 0.843. The highest BCUT2D eigenvalue weighted by atomic mass is 16.3. The molecule has 3 heterocycles. The normalized spacial score (nSPS) is 11.8. The first-order valence-electron chi connectivity index (χ1n) is 17.5. The van der Waals surface area contributed by atoms with Gasteiger partial charge in [0, 0.05) is 43.7 Å². The Bertz CT molecular complexity index is 3090. The largest absolute Gasteiger partial charge is 0.456 e. The maximum atomic E-state index is 6.72. The first kappa shape index (κ1) is 28.8. The molecule has 52 heavy (non-hydrogen) atoms. The number of hydrogen-bond donors (Lipinski definition) is 0. The van der Waals surface area contributed by atoms with Gasteiger partial charge < -0.3 is 18.2 Å². The van der Waals surface area contributed by atoms with Crippen LogP contribution in [0.5, 0.6) is 0 Å². The van der Waals surface area contributed by atoms with Crippen LogP contribution in [0.15, 0.2) is 189 Å². The maximum Gasteiger partial charge on any atom is 0.159 e. The lowest BCUT2D eigenvalue weighted by Gasteiger charge is -2.25. The predicted octanol–water partition coefficient (Wildman–Crippen LogP) is 14.2. The molecule has 4 nitrogen and oxygen atoms in total. The number of nitrogens with zero attached hydrogens (tertiary/aromatic N) is 1. The van der Waals surface area contributed by atoms with Gasteiger partial charge in [-0.15, -0.1) is 0 Å². The van der Waals surface area contributed by atoms with Gasteiger partial charge in [-0.3, -0.25) is 0 Å². The molecule has 0 amide bonds. The lowest BCUT2D eigenvalue weighted by atomic mass is 9.92. The molecule has 0 aliphatic rings. The Morgan fingerprint density at radius 1 is 0.327 bits per heavy atom. The molecule has 0 radical (unpaired) electrons. The minimum Gasteiger partial charge on any atom is -0.456 e. The van der Waals surface area contributed by atoms with Gasteiger partial charge in [0.05, 0.1) is 5.69 Å². The van der Waals surface area contributed by atoms with Crippen molar-refractivity contribution in [2.75, 3.05) is 4.90 Å². The van der Waals surface area contributed by atoms with Crippen molar-refractivity contribution in [3.8, 4) is 22.3 Å². The van der Waals surface area contributed by atoms with Crippen LogP contribution < -0.4 is 4.90 Å². The summed E-state index contributed by atoms with van der Waals surface area (Å²) in [5.74, 6) is 0. The summed E-state index contributed by atoms with van der Waals surface area (Å²) >= 11 is 0. The van der Waals surface area contributed by atoms with Crippen molar-refractivity contribution in [2.24, 2.45) is 0 Å². The lowest BCUT2D eigenvalue weighted by Crippen LogP contribution is -2.09. The Balaban J connectivity index is 1.13. The van der Waals surface area contributed by atoms with E-state index in [1.807, 2.05) is 30.3 Å². The van der Waals surface area contributed by atoms with Crippen LogP contribution in [0.2, 0.25) is 0 Å². The third-order valence-corrected chi connectivity index (χ3v) is 10.3. The van der Waals surface area contributed by atoms with Gasteiger partial charge in [-0.2, -0.15) is 0 Å². The third-order valence-electron chi connectivity index (χ3n) is 10.3. The van der Waals surface area contributed by atoms with E-state index in [1.165, 1.54) is 0 Å². The molecule has 0 aliphatic carbocycles. The first-order valence-corrected chi connectivity index (χ1v) is 17.5. The van der Waals surface area contributed by atoms with Gasteiger partial charge >= 0.3 is 0 Å². The summed E-state index contributed by atoms with van der Waals surface area (Å²) in [6, 6.07) is 61.1. The second-order valence-electron chi connectivity index (χ2n) is 13.2. The number of benzene rings is 8. The van der Waals surface area contributed by atoms with Gasteiger partial charge in [0.1, 0.15) is 27.9 Å². The molecule has 0 unspecified atom stereocenters. The Morgan fingerprint density at radius 3 is 1.58 bits per heavy atom. The Labute approximate surface area is 298 Å². The van der Waals surface area contributed by atoms with Crippen molar-refractivity contribution < 1.29 is 13.3 Å². The van der Waals surface area contributed by atoms with Crippen LogP contribution in [0, 0.1) is 0 Å². The number of furan rings is 3. The summed E-state index contributed by atoms with van der Waals surface area (Å²) in [5.41, 5.74) is 12.7. The highest BCUT2D eigenvalue weighted by molar-refractivity contribution is 6.22. The molecule has 3 aromatic heterocycles. The highest BCUT2D eigenvalue weighted by Crippen LogP contribution is 2.46. The van der Waals surface area contributed by atoms with Gasteiger partial charge in [0.25, 0.3) is 0 Å². The van der Waals surface area contributed by atoms with E-state index in [0.29, 0.717) is 0 Å². The monoisotopic (exact) mass is 667 g/mol. The maximum absolute atomic E-state index is 6.72. The zero-order valence-corrected chi connectivity index (χ0v) is 27.9. The minimum atomic E-state index is 0.843. The number of fused-ring (bicyclic) bond motifs is 9. The number of anilines is 3. The molecular weight excluding hydrogens is 639 g/mol. The standard InChI is InChI=1S/C48H29NO3/c1-3-13-31(14-4-1)49(32-15-5-2-6-16-32)39-22-9-21-36-38-29-30(27-28-41(38)52-48(36)39)33-18-10-25-43-46(33)47-35(20-12-26-44(47)51-43)34-19-11-24-42-45(34)37-17-7-8-23-40(37)50-42/h1-29H. The predicted molar refractivity (Wildman–Crippen MR) is 214 cm³/mol. The van der Waals surface area contributed by atoms with Crippen molar-refractivity contribution >= 4 is 82.9 Å². The molecule has 0 aliphatic heterocycles. The molecular formula is C48H29NO3. The van der Waals surface area contributed by atoms with E-state index in [2.05, 4.69) is 150 Å². The number of para-hydroxylation sites is 4. The van der Waals surface area contributed by atoms with E-state index in [9.17, 15) is 0 Å². The summed E-state index contributed by atoms with van der Waals surface area (Å²) in [6.45, 7) is 0. The van der Waals surface area contributed by atoms with Crippen LogP contribution in [-0.2, 0) is 0 Å². The van der Waals surface area contributed by atoms with Gasteiger partial charge in [-0.05, 0) is 89.0 Å². The van der Waals surface area contributed by atoms with Gasteiger partial charge in [0.15, 0.2) is 5.58 Å². The molecule has 8 aromatic carbocycles. The fraction of sp³-hybridized carbons (Fsp3) is 0. The Hall–Kier alpha value is -7.04. The summed E-state index contributed by atoms with van der Waals surface area (Å²) in [6.07, 6.45) is 0. The summed E-state index contributed by atoms with van der Waals surface area (Å²) in [5, 5.41) is 6.52. The van der Waals surface area contributed by atoms with Gasteiger partial charge in [0.2, 0.25) is 0 Å². The van der Waals surface area contributed by atoms with E-state index in [-0.39, 0.29) is 0 Å². The molecule has 0 N–H and O–H groups in total. The zero-order valence-electron chi connectivity index (χ0n) is 27.9. The van der Waals surface area contributed by atoms with Gasteiger partial charge in [-0.25, -0.2) is 0 Å². The van der Waals surface area contributed by atoms with E-state index in [4.69, 9.17) is 13.3 Å². The zero-order chi connectivity index (χ0) is 34.2. The summed E-state index contributed by atoms with van der Waals surface area (Å²) in [4.78, 5) is 2.26. The number of hydrogen-bond acceptors (Lipinski definition) is 4. The molecule has 244 valence electrons. The van der Waals surface area contributed by atoms with Crippen molar-refractivity contribution in [3.63, 3.8) is 0 Å². The molecule has 0 spiro atoms. The molecule has 0 fully saturated rings. The van der Waals surface area contributed by atoms with Crippen molar-refractivity contribution in [3.05, 3.63) is 176 Å². The quantitative estimate of drug-likeness (QED) is 0.183. The summed E-state index contributed by atoms with van der Waals surface area (Å²) < 4.78 is 19.6. The van der Waals surface area contributed by atoms with Crippen LogP contribution in [0.4, 0.5) is 17.1 Å². The van der Waals surface area contributed by atoms with Crippen molar-refractivity contribution in [2.45, 2.75) is 0 Å². The van der Waals surface area contributed by atoms with E-state index in [1.54, 1.807) is 0 Å². The highest BCUT2D eigenvalue weighted by Gasteiger charge is 2.22. The van der Waals surface area contributed by atoms with Crippen molar-refractivity contribution in [1.29, 1.82) is 0 Å². The SMILES string of the molecule is c1ccc(N(c2ccccc2)c2cccc3c2oc2ccc(-c4cccc5oc6cccc(-c7cccc8oc9ccccc9c78)c6c45)cc23)cc1. The van der Waals surface area contributed by atoms with E-state index in [0.717, 1.165) is 105 Å². The lowest BCUT2D eigenvalue weighted by molar-refractivity contribution is 0.668. The summed E-state index contributed by atoms with van der Waals surface area (Å²) in [7, 11) is 0. The van der Waals surface area contributed by atoms with Crippen LogP contribution >= 0.6 is 0 Å². The molecule has 4 heteroatoms. The molecule has 0 bridgehead atoms.